The van der Waals surface area contributed by atoms with Gasteiger partial charge in [0.15, 0.2) is 7.14 Å². The molecule has 0 spiro atoms. The molecule has 0 saturated carbocycles. The molecule has 208 valence electrons. The molecule has 8 rings (SSSR count). The summed E-state index contributed by atoms with van der Waals surface area (Å²) in [7, 11) is -3.03. The molecule has 44 heavy (non-hydrogen) atoms. The maximum atomic E-state index is 14.8. The van der Waals surface area contributed by atoms with E-state index in [1.54, 1.807) is 0 Å². The number of para-hydroxylation sites is 1. The second kappa shape index (κ2) is 10.8. The van der Waals surface area contributed by atoms with E-state index in [1.807, 2.05) is 72.8 Å². The molecule has 0 aliphatic carbocycles. The third-order valence-corrected chi connectivity index (χ3v) is 11.6. The summed E-state index contributed by atoms with van der Waals surface area (Å²) in [4.78, 5) is 5.19. The average Bonchev–Trinajstić information content (AvgIpc) is 3.11. The van der Waals surface area contributed by atoms with Gasteiger partial charge in [0.1, 0.15) is 0 Å². The Morgan fingerprint density at radius 3 is 1.73 bits per heavy atom. The normalized spacial score (nSPS) is 11.7. The molecule has 8 aromatic rings. The maximum Gasteiger partial charge on any atom is 0.171 e. The van der Waals surface area contributed by atoms with Gasteiger partial charge in [-0.15, -0.1) is 0 Å². The van der Waals surface area contributed by atoms with Crippen molar-refractivity contribution in [3.63, 3.8) is 0 Å². The maximum absolute atomic E-state index is 14.8. The molecular weight excluding hydrogens is 553 g/mol. The molecule has 0 aliphatic heterocycles. The minimum absolute atomic E-state index is 0.823. The molecular formula is C41H28NOP. The van der Waals surface area contributed by atoms with Gasteiger partial charge in [0, 0.05) is 37.6 Å². The Hall–Kier alpha value is -5.30. The van der Waals surface area contributed by atoms with E-state index in [4.69, 9.17) is 4.98 Å². The Morgan fingerprint density at radius 2 is 1.00 bits per heavy atom. The lowest BCUT2D eigenvalue weighted by Gasteiger charge is -2.20. The number of fused-ring (bicyclic) bond motifs is 5. The number of rotatable bonds is 5. The van der Waals surface area contributed by atoms with Crippen LogP contribution >= 0.6 is 7.14 Å². The van der Waals surface area contributed by atoms with Crippen LogP contribution in [0.4, 0.5) is 0 Å². The lowest BCUT2D eigenvalue weighted by Crippen LogP contribution is -2.24. The topological polar surface area (TPSA) is 30.0 Å². The first-order chi connectivity index (χ1) is 21.7. The van der Waals surface area contributed by atoms with E-state index in [1.165, 1.54) is 16.2 Å². The summed E-state index contributed by atoms with van der Waals surface area (Å²) < 4.78 is 14.8. The molecule has 0 atom stereocenters. The summed E-state index contributed by atoms with van der Waals surface area (Å²) >= 11 is 0. The highest BCUT2D eigenvalue weighted by atomic mass is 31.2. The molecule has 0 fully saturated rings. The second-order valence-corrected chi connectivity index (χ2v) is 13.9. The Kier molecular flexibility index (Phi) is 6.44. The zero-order valence-electron chi connectivity index (χ0n) is 24.0. The van der Waals surface area contributed by atoms with Crippen molar-refractivity contribution in [3.8, 4) is 22.4 Å². The number of hydrogen-bond donors (Lipinski definition) is 0. The minimum Gasteiger partial charge on any atom is -0.309 e. The monoisotopic (exact) mass is 581 g/mol. The highest BCUT2D eigenvalue weighted by molar-refractivity contribution is 7.85. The highest BCUT2D eigenvalue weighted by Crippen LogP contribution is 2.43. The Balaban J connectivity index is 1.25. The minimum atomic E-state index is -3.03. The van der Waals surface area contributed by atoms with Crippen molar-refractivity contribution in [2.45, 2.75) is 0 Å². The first-order valence-corrected chi connectivity index (χ1v) is 16.5. The third kappa shape index (κ3) is 4.35. The summed E-state index contributed by atoms with van der Waals surface area (Å²) in [6.07, 6.45) is 0. The van der Waals surface area contributed by atoms with Crippen molar-refractivity contribution in [2.24, 2.45) is 0 Å². The molecule has 0 N–H and O–H groups in total. The number of aromatic nitrogens is 1. The molecule has 0 unspecified atom stereocenters. The van der Waals surface area contributed by atoms with Crippen LogP contribution in [0.25, 0.3) is 54.8 Å². The van der Waals surface area contributed by atoms with Crippen LogP contribution in [-0.2, 0) is 4.57 Å². The van der Waals surface area contributed by atoms with Crippen molar-refractivity contribution >= 4 is 55.5 Å². The van der Waals surface area contributed by atoms with Gasteiger partial charge in [-0.2, -0.15) is 0 Å². The van der Waals surface area contributed by atoms with Gasteiger partial charge in [0.05, 0.1) is 11.2 Å². The van der Waals surface area contributed by atoms with Gasteiger partial charge >= 0.3 is 0 Å². The number of hydrogen-bond acceptors (Lipinski definition) is 2. The van der Waals surface area contributed by atoms with Crippen molar-refractivity contribution in [1.82, 2.24) is 4.98 Å². The molecule has 1 aromatic heterocycles. The van der Waals surface area contributed by atoms with Gasteiger partial charge in [-0.1, -0.05) is 158 Å². The van der Waals surface area contributed by atoms with Crippen LogP contribution in [0.3, 0.4) is 0 Å². The van der Waals surface area contributed by atoms with Gasteiger partial charge in [0.25, 0.3) is 0 Å². The van der Waals surface area contributed by atoms with E-state index in [0.717, 1.165) is 54.6 Å². The van der Waals surface area contributed by atoms with Crippen LogP contribution in [-0.4, -0.2) is 4.98 Å². The fourth-order valence-electron chi connectivity index (χ4n) is 6.38. The molecule has 1 heterocycles. The fraction of sp³-hybridized carbons (Fsp3) is 0. The second-order valence-electron chi connectivity index (χ2n) is 11.1. The number of pyridine rings is 1. The van der Waals surface area contributed by atoms with Crippen LogP contribution in [0, 0.1) is 0 Å². The predicted octanol–water partition coefficient (Wildman–Crippen LogP) is 9.51. The summed E-state index contributed by atoms with van der Waals surface area (Å²) in [5.74, 6) is 0. The van der Waals surface area contributed by atoms with Crippen molar-refractivity contribution in [2.75, 3.05) is 0 Å². The van der Waals surface area contributed by atoms with E-state index in [-0.39, 0.29) is 0 Å². The Bertz CT molecular complexity index is 2290. The van der Waals surface area contributed by atoms with Crippen LogP contribution in [0.2, 0.25) is 0 Å². The van der Waals surface area contributed by atoms with Gasteiger partial charge < -0.3 is 4.57 Å². The van der Waals surface area contributed by atoms with Crippen LogP contribution in [0.15, 0.2) is 170 Å². The molecule has 7 aromatic carbocycles. The molecule has 0 amide bonds. The van der Waals surface area contributed by atoms with Gasteiger partial charge in [-0.3, -0.25) is 0 Å². The zero-order chi connectivity index (χ0) is 29.5. The number of benzene rings is 7. The summed E-state index contributed by atoms with van der Waals surface area (Å²) in [6.45, 7) is 0. The van der Waals surface area contributed by atoms with Gasteiger partial charge in [-0.05, 0) is 34.0 Å². The lowest BCUT2D eigenvalue weighted by atomic mass is 9.94. The SMILES string of the molecule is O=P(c1ccccc1)(c1ccccc1)c1ccc(-c2cccc(-c3nc4ccccc4c4c3ccc3ccccc34)c2)cc1. The first kappa shape index (κ1) is 26.3. The van der Waals surface area contributed by atoms with E-state index in [9.17, 15) is 4.57 Å². The Morgan fingerprint density at radius 1 is 0.409 bits per heavy atom. The van der Waals surface area contributed by atoms with Crippen molar-refractivity contribution < 1.29 is 4.57 Å². The standard InChI is InChI=1S/C41H28NOP/c43-44(33-15-3-1-4-16-33,34-17-5-2-6-18-34)35-25-22-29(23-26-35)31-13-11-14-32(28-31)41-38-27-24-30-12-7-8-19-36(30)40(38)37-20-9-10-21-39(37)42-41/h1-28H. The predicted molar refractivity (Wildman–Crippen MR) is 187 cm³/mol. The summed E-state index contributed by atoms with van der Waals surface area (Å²) in [6, 6.07) is 57.8. The summed E-state index contributed by atoms with van der Waals surface area (Å²) in [5.41, 5.74) is 5.18. The third-order valence-electron chi connectivity index (χ3n) is 8.53. The van der Waals surface area contributed by atoms with Crippen LogP contribution in [0.5, 0.6) is 0 Å². The highest BCUT2D eigenvalue weighted by Gasteiger charge is 2.29. The molecule has 0 radical (unpaired) electrons. The lowest BCUT2D eigenvalue weighted by molar-refractivity contribution is 0.592. The first-order valence-electron chi connectivity index (χ1n) is 14.8. The Labute approximate surface area is 256 Å². The van der Waals surface area contributed by atoms with Crippen molar-refractivity contribution in [3.05, 3.63) is 170 Å². The van der Waals surface area contributed by atoms with E-state index in [0.29, 0.717) is 0 Å². The molecule has 0 saturated heterocycles. The van der Waals surface area contributed by atoms with Crippen LogP contribution < -0.4 is 15.9 Å². The van der Waals surface area contributed by atoms with E-state index >= 15 is 0 Å². The van der Waals surface area contributed by atoms with Crippen molar-refractivity contribution in [1.29, 1.82) is 0 Å². The molecule has 0 bridgehead atoms. The summed E-state index contributed by atoms with van der Waals surface area (Å²) in [5, 5.41) is 8.49. The largest absolute Gasteiger partial charge is 0.309 e. The molecule has 3 heteroatoms. The van der Waals surface area contributed by atoms with Gasteiger partial charge in [-0.25, -0.2) is 4.98 Å². The zero-order valence-corrected chi connectivity index (χ0v) is 24.9. The van der Waals surface area contributed by atoms with Crippen LogP contribution in [0.1, 0.15) is 0 Å². The molecule has 2 nitrogen and oxygen atoms in total. The van der Waals surface area contributed by atoms with E-state index in [2.05, 4.69) is 97.1 Å². The van der Waals surface area contributed by atoms with E-state index < -0.39 is 7.14 Å². The fourth-order valence-corrected chi connectivity index (χ4v) is 9.02. The van der Waals surface area contributed by atoms with Gasteiger partial charge in [0.2, 0.25) is 0 Å². The molecule has 0 aliphatic rings. The quantitative estimate of drug-likeness (QED) is 0.150. The average molecular weight is 582 g/mol. The number of nitrogens with zero attached hydrogens (tertiary/aromatic N) is 1. The smallest absolute Gasteiger partial charge is 0.171 e.